The second-order valence-electron chi connectivity index (χ2n) is 3.98. The first-order valence-electron chi connectivity index (χ1n) is 5.72. The fourth-order valence-corrected chi connectivity index (χ4v) is 1.94. The Kier molecular flexibility index (Phi) is 4.35. The Balaban J connectivity index is 2.05. The van der Waals surface area contributed by atoms with E-state index < -0.39 is 0 Å². The third kappa shape index (κ3) is 3.33. The molecule has 1 unspecified atom stereocenters. The predicted molar refractivity (Wildman–Crippen MR) is 73.1 cm³/mol. The van der Waals surface area contributed by atoms with Gasteiger partial charge in [0.25, 0.3) is 0 Å². The zero-order valence-electron chi connectivity index (χ0n) is 9.81. The van der Waals surface area contributed by atoms with Crippen LogP contribution in [0, 0.1) is 11.3 Å². The molecule has 0 bridgehead atoms. The molecule has 0 spiro atoms. The third-order valence-corrected chi connectivity index (χ3v) is 2.90. The van der Waals surface area contributed by atoms with Crippen molar-refractivity contribution in [2.24, 2.45) is 0 Å². The molecule has 0 saturated carbocycles. The van der Waals surface area contributed by atoms with Crippen LogP contribution in [0.4, 0.5) is 0 Å². The van der Waals surface area contributed by atoms with Gasteiger partial charge >= 0.3 is 0 Å². The van der Waals surface area contributed by atoms with Gasteiger partial charge in [-0.15, -0.1) is 0 Å². The first-order chi connectivity index (χ1) is 8.79. The fourth-order valence-electron chi connectivity index (χ4n) is 1.74. The van der Waals surface area contributed by atoms with Crippen LogP contribution >= 0.6 is 11.6 Å². The summed E-state index contributed by atoms with van der Waals surface area (Å²) in [4.78, 5) is 0. The summed E-state index contributed by atoms with van der Waals surface area (Å²) < 4.78 is 0. The average Bonchev–Trinajstić information content (AvgIpc) is 2.41. The van der Waals surface area contributed by atoms with Crippen LogP contribution in [0.15, 0.2) is 54.6 Å². The van der Waals surface area contributed by atoms with Gasteiger partial charge in [-0.05, 0) is 23.3 Å². The number of hydrogen-bond donors (Lipinski definition) is 1. The molecule has 0 heterocycles. The van der Waals surface area contributed by atoms with Gasteiger partial charge in [0.2, 0.25) is 0 Å². The smallest absolute Gasteiger partial charge is 0.121 e. The second kappa shape index (κ2) is 6.20. The van der Waals surface area contributed by atoms with Crippen LogP contribution in [0.3, 0.4) is 0 Å². The van der Waals surface area contributed by atoms with Gasteiger partial charge < -0.3 is 0 Å². The van der Waals surface area contributed by atoms with E-state index in [1.165, 1.54) is 0 Å². The Morgan fingerprint density at radius 1 is 1.11 bits per heavy atom. The molecule has 0 aliphatic carbocycles. The van der Waals surface area contributed by atoms with Gasteiger partial charge in [0.1, 0.15) is 6.04 Å². The van der Waals surface area contributed by atoms with Gasteiger partial charge in [-0.1, -0.05) is 54.1 Å². The quantitative estimate of drug-likeness (QED) is 0.906. The minimum Gasteiger partial charge on any atom is -0.294 e. The minimum atomic E-state index is -0.344. The molecule has 0 amide bonds. The maximum atomic E-state index is 9.19. The molecule has 0 aromatic heterocycles. The van der Waals surface area contributed by atoms with E-state index in [2.05, 4.69) is 11.4 Å². The summed E-state index contributed by atoms with van der Waals surface area (Å²) >= 11 is 5.93. The average molecular weight is 257 g/mol. The maximum Gasteiger partial charge on any atom is 0.121 e. The highest BCUT2D eigenvalue weighted by Gasteiger charge is 2.09. The van der Waals surface area contributed by atoms with Crippen molar-refractivity contribution in [2.45, 2.75) is 12.6 Å². The van der Waals surface area contributed by atoms with E-state index in [0.29, 0.717) is 11.6 Å². The number of nitrogens with one attached hydrogen (secondary N) is 1. The lowest BCUT2D eigenvalue weighted by Crippen LogP contribution is -2.19. The molecule has 18 heavy (non-hydrogen) atoms. The minimum absolute atomic E-state index is 0.344. The number of halogens is 1. The van der Waals surface area contributed by atoms with Gasteiger partial charge in [-0.2, -0.15) is 5.26 Å². The molecule has 2 rings (SSSR count). The Labute approximate surface area is 112 Å². The first-order valence-corrected chi connectivity index (χ1v) is 6.10. The van der Waals surface area contributed by atoms with Crippen molar-refractivity contribution in [1.82, 2.24) is 5.32 Å². The topological polar surface area (TPSA) is 35.8 Å². The molecule has 3 heteroatoms. The van der Waals surface area contributed by atoms with Crippen LogP contribution < -0.4 is 5.32 Å². The van der Waals surface area contributed by atoms with E-state index in [4.69, 9.17) is 11.6 Å². The van der Waals surface area contributed by atoms with Crippen molar-refractivity contribution in [2.75, 3.05) is 0 Å². The molecule has 1 N–H and O–H groups in total. The molecule has 0 aliphatic heterocycles. The lowest BCUT2D eigenvalue weighted by atomic mass is 10.1. The standard InChI is InChI=1S/C15H13ClN2/c16-14-8-4-7-13(9-14)15(10-17)18-11-12-5-2-1-3-6-12/h1-9,15,18H,11H2. The van der Waals surface area contributed by atoms with Crippen LogP contribution in [-0.4, -0.2) is 0 Å². The molecule has 2 aromatic carbocycles. The molecule has 0 aliphatic rings. The molecule has 2 aromatic rings. The highest BCUT2D eigenvalue weighted by atomic mass is 35.5. The van der Waals surface area contributed by atoms with Crippen molar-refractivity contribution in [3.05, 3.63) is 70.7 Å². The number of hydrogen-bond acceptors (Lipinski definition) is 2. The van der Waals surface area contributed by atoms with E-state index in [1.54, 1.807) is 6.07 Å². The summed E-state index contributed by atoms with van der Waals surface area (Å²) in [5.74, 6) is 0. The normalized spacial score (nSPS) is 11.8. The molecule has 0 saturated heterocycles. The molecule has 0 radical (unpaired) electrons. The zero-order valence-corrected chi connectivity index (χ0v) is 10.6. The van der Waals surface area contributed by atoms with Gasteiger partial charge in [0.05, 0.1) is 6.07 Å². The summed E-state index contributed by atoms with van der Waals surface area (Å²) in [5.41, 5.74) is 2.04. The van der Waals surface area contributed by atoms with E-state index in [0.717, 1.165) is 11.1 Å². The summed E-state index contributed by atoms with van der Waals surface area (Å²) in [7, 11) is 0. The molecular formula is C15H13ClN2. The van der Waals surface area contributed by atoms with E-state index in [-0.39, 0.29) is 6.04 Å². The second-order valence-corrected chi connectivity index (χ2v) is 4.42. The molecule has 2 nitrogen and oxygen atoms in total. The molecule has 90 valence electrons. The first kappa shape index (κ1) is 12.6. The van der Waals surface area contributed by atoms with E-state index >= 15 is 0 Å². The highest BCUT2D eigenvalue weighted by Crippen LogP contribution is 2.17. The largest absolute Gasteiger partial charge is 0.294 e. The van der Waals surface area contributed by atoms with Crippen LogP contribution in [-0.2, 0) is 6.54 Å². The van der Waals surface area contributed by atoms with Crippen molar-refractivity contribution in [1.29, 1.82) is 5.26 Å². The maximum absolute atomic E-state index is 9.19. The van der Waals surface area contributed by atoms with Crippen LogP contribution in [0.5, 0.6) is 0 Å². The zero-order chi connectivity index (χ0) is 12.8. The SMILES string of the molecule is N#CC(NCc1ccccc1)c1cccc(Cl)c1. The third-order valence-electron chi connectivity index (χ3n) is 2.66. The van der Waals surface area contributed by atoms with Gasteiger partial charge in [0, 0.05) is 11.6 Å². The van der Waals surface area contributed by atoms with E-state index in [9.17, 15) is 5.26 Å². The van der Waals surface area contributed by atoms with Crippen molar-refractivity contribution in [3.8, 4) is 6.07 Å². The number of rotatable bonds is 4. The van der Waals surface area contributed by atoms with Crippen LogP contribution in [0.2, 0.25) is 5.02 Å². The van der Waals surface area contributed by atoms with Gasteiger partial charge in [-0.3, -0.25) is 5.32 Å². The van der Waals surface area contributed by atoms with Crippen molar-refractivity contribution < 1.29 is 0 Å². The number of nitriles is 1. The Hall–Kier alpha value is -1.82. The Bertz CT molecular complexity index is 546. The summed E-state index contributed by atoms with van der Waals surface area (Å²) in [5, 5.41) is 13.0. The Morgan fingerprint density at radius 3 is 2.56 bits per heavy atom. The number of benzene rings is 2. The molecular weight excluding hydrogens is 244 g/mol. The van der Waals surface area contributed by atoms with Gasteiger partial charge in [-0.25, -0.2) is 0 Å². The number of nitrogens with zero attached hydrogens (tertiary/aromatic N) is 1. The fraction of sp³-hybridized carbons (Fsp3) is 0.133. The summed E-state index contributed by atoms with van der Waals surface area (Å²) in [6.07, 6.45) is 0. The van der Waals surface area contributed by atoms with Crippen LogP contribution in [0.1, 0.15) is 17.2 Å². The van der Waals surface area contributed by atoms with Crippen molar-refractivity contribution in [3.63, 3.8) is 0 Å². The summed E-state index contributed by atoms with van der Waals surface area (Å²) in [6.45, 7) is 0.658. The lowest BCUT2D eigenvalue weighted by Gasteiger charge is -2.12. The lowest BCUT2D eigenvalue weighted by molar-refractivity contribution is 0.630. The molecule has 1 atom stereocenters. The van der Waals surface area contributed by atoms with Crippen LogP contribution in [0.25, 0.3) is 0 Å². The monoisotopic (exact) mass is 256 g/mol. The van der Waals surface area contributed by atoms with E-state index in [1.807, 2.05) is 48.5 Å². The highest BCUT2D eigenvalue weighted by molar-refractivity contribution is 6.30. The summed E-state index contributed by atoms with van der Waals surface area (Å²) in [6, 6.07) is 19.3. The predicted octanol–water partition coefficient (Wildman–Crippen LogP) is 3.69. The Morgan fingerprint density at radius 2 is 1.89 bits per heavy atom. The van der Waals surface area contributed by atoms with Crippen molar-refractivity contribution >= 4 is 11.6 Å². The van der Waals surface area contributed by atoms with Gasteiger partial charge in [0.15, 0.2) is 0 Å². The molecule has 0 fully saturated rings.